The molecule has 8 heteroatoms. The van der Waals surface area contributed by atoms with Crippen molar-refractivity contribution >= 4 is 33.7 Å². The van der Waals surface area contributed by atoms with Gasteiger partial charge >= 0.3 is 0 Å². The predicted molar refractivity (Wildman–Crippen MR) is 129 cm³/mol. The molecule has 3 heterocycles. The summed E-state index contributed by atoms with van der Waals surface area (Å²) in [5, 5.41) is 13.9. The van der Waals surface area contributed by atoms with Crippen molar-refractivity contribution in [3.63, 3.8) is 0 Å². The molecule has 2 aromatic heterocycles. The second-order valence-corrected chi connectivity index (χ2v) is 10.0. The van der Waals surface area contributed by atoms with Crippen LogP contribution >= 0.6 is 0 Å². The maximum Gasteiger partial charge on any atom is 0.152 e. The highest BCUT2D eigenvalue weighted by atomic mass is 32.2. The van der Waals surface area contributed by atoms with Crippen molar-refractivity contribution in [1.29, 1.82) is 5.26 Å². The molecule has 1 atom stereocenters. The number of hydrogen-bond acceptors (Lipinski definition) is 6. The van der Waals surface area contributed by atoms with Crippen molar-refractivity contribution in [2.24, 2.45) is 0 Å². The van der Waals surface area contributed by atoms with E-state index >= 15 is 0 Å². The van der Waals surface area contributed by atoms with E-state index in [-0.39, 0.29) is 0 Å². The Hall–Kier alpha value is -2.73. The summed E-state index contributed by atoms with van der Waals surface area (Å²) in [6.07, 6.45) is 5.82. The number of fused-ring (bicyclic) bond motifs is 1. The van der Waals surface area contributed by atoms with Crippen LogP contribution in [0.5, 0.6) is 0 Å². The van der Waals surface area contributed by atoms with Gasteiger partial charge in [0.1, 0.15) is 23.8 Å². The first kappa shape index (κ1) is 21.1. The van der Waals surface area contributed by atoms with Crippen molar-refractivity contribution in [2.45, 2.75) is 29.8 Å². The molecule has 32 heavy (non-hydrogen) atoms. The molecule has 0 bridgehead atoms. The lowest BCUT2D eigenvalue weighted by Crippen LogP contribution is -2.46. The third-order valence-electron chi connectivity index (χ3n) is 6.84. The average molecular weight is 449 g/mol. The molecule has 1 saturated carbocycles. The van der Waals surface area contributed by atoms with Crippen LogP contribution in [-0.2, 0) is 11.2 Å². The van der Waals surface area contributed by atoms with Crippen LogP contribution in [-0.4, -0.2) is 59.6 Å². The quantitative estimate of drug-likeness (QED) is 0.605. The second kappa shape index (κ2) is 8.66. The zero-order valence-corrected chi connectivity index (χ0v) is 19.3. The fourth-order valence-electron chi connectivity index (χ4n) is 4.75. The highest BCUT2D eigenvalue weighted by molar-refractivity contribution is 7.90. The Bertz CT molecular complexity index is 1140. The van der Waals surface area contributed by atoms with E-state index in [4.69, 9.17) is 4.98 Å². The third kappa shape index (κ3) is 3.81. The summed E-state index contributed by atoms with van der Waals surface area (Å²) < 4.78 is 13.8. The number of anilines is 2. The first-order valence-corrected chi connectivity index (χ1v) is 12.7. The van der Waals surface area contributed by atoms with Gasteiger partial charge in [0.05, 0.1) is 5.56 Å². The molecule has 166 valence electrons. The van der Waals surface area contributed by atoms with Crippen molar-refractivity contribution in [3.05, 3.63) is 48.2 Å². The second-order valence-electron chi connectivity index (χ2n) is 8.64. The number of nitrogens with one attached hydrogen (secondary N) is 1. The van der Waals surface area contributed by atoms with Gasteiger partial charge in [-0.15, -0.1) is 0 Å². The number of aromatic nitrogens is 2. The molecule has 1 unspecified atom stereocenters. The highest BCUT2D eigenvalue weighted by Crippen LogP contribution is 2.36. The molecule has 1 saturated heterocycles. The number of pyridine rings is 1. The van der Waals surface area contributed by atoms with Crippen LogP contribution in [0.25, 0.3) is 11.0 Å². The van der Waals surface area contributed by atoms with Gasteiger partial charge in [0, 0.05) is 55.5 Å². The smallest absolute Gasteiger partial charge is 0.152 e. The Labute approximate surface area is 191 Å². The molecule has 1 aliphatic carbocycles. The van der Waals surface area contributed by atoms with Gasteiger partial charge in [-0.05, 0) is 67.5 Å². The number of nitrogens with zero attached hydrogens (tertiary/aromatic N) is 5. The highest BCUT2D eigenvalue weighted by Gasteiger charge is 2.31. The third-order valence-corrected chi connectivity index (χ3v) is 7.77. The lowest BCUT2D eigenvalue weighted by atomic mass is 9.87. The zero-order chi connectivity index (χ0) is 22.2. The zero-order valence-electron chi connectivity index (χ0n) is 18.5. The summed E-state index contributed by atoms with van der Waals surface area (Å²) >= 11 is -0.949. The monoisotopic (exact) mass is 448 g/mol. The van der Waals surface area contributed by atoms with E-state index in [1.54, 1.807) is 6.26 Å². The van der Waals surface area contributed by atoms with Gasteiger partial charge in [-0.2, -0.15) is 5.26 Å². The van der Waals surface area contributed by atoms with Crippen LogP contribution in [0.3, 0.4) is 0 Å². The fourth-order valence-corrected chi connectivity index (χ4v) is 5.27. The Morgan fingerprint density at radius 2 is 1.75 bits per heavy atom. The van der Waals surface area contributed by atoms with E-state index in [0.29, 0.717) is 17.6 Å². The maximum absolute atomic E-state index is 11.6. The van der Waals surface area contributed by atoms with Gasteiger partial charge in [-0.3, -0.25) is 0 Å². The molecular formula is C24H28N6OS. The molecule has 0 radical (unpaired) electrons. The van der Waals surface area contributed by atoms with Crippen molar-refractivity contribution < 1.29 is 4.55 Å². The van der Waals surface area contributed by atoms with E-state index in [9.17, 15) is 9.81 Å². The van der Waals surface area contributed by atoms with Crippen LogP contribution in [0.15, 0.2) is 47.5 Å². The number of benzene rings is 1. The van der Waals surface area contributed by atoms with Crippen LogP contribution in [0.1, 0.15) is 24.4 Å². The average Bonchev–Trinajstić information content (AvgIpc) is 3.16. The van der Waals surface area contributed by atoms with Crippen LogP contribution in [0.2, 0.25) is 0 Å². The first-order chi connectivity index (χ1) is 15.6. The topological polar surface area (TPSA) is 83.2 Å². The Morgan fingerprint density at radius 1 is 1.06 bits per heavy atom. The van der Waals surface area contributed by atoms with Gasteiger partial charge in [-0.1, -0.05) is 0 Å². The lowest BCUT2D eigenvalue weighted by Gasteiger charge is -2.37. The van der Waals surface area contributed by atoms with Crippen LogP contribution in [0, 0.1) is 11.3 Å². The van der Waals surface area contributed by atoms with Gasteiger partial charge < -0.3 is 24.2 Å². The van der Waals surface area contributed by atoms with E-state index in [2.05, 4.69) is 44.0 Å². The summed E-state index contributed by atoms with van der Waals surface area (Å²) in [7, 11) is 2.00. The number of rotatable bonds is 5. The largest absolute Gasteiger partial charge is 0.612 e. The molecule has 1 N–H and O–H groups in total. The van der Waals surface area contributed by atoms with Gasteiger partial charge in [-0.25, -0.2) is 4.98 Å². The summed E-state index contributed by atoms with van der Waals surface area (Å²) in [6, 6.07) is 15.4. The van der Waals surface area contributed by atoms with E-state index in [1.165, 1.54) is 5.69 Å². The van der Waals surface area contributed by atoms with Crippen LogP contribution in [0.4, 0.5) is 11.5 Å². The van der Waals surface area contributed by atoms with Gasteiger partial charge in [0.25, 0.3) is 0 Å². The minimum atomic E-state index is -0.949. The maximum atomic E-state index is 11.6. The summed E-state index contributed by atoms with van der Waals surface area (Å²) in [6.45, 7) is 3.59. The summed E-state index contributed by atoms with van der Waals surface area (Å²) in [5.41, 5.74) is 2.79. The lowest BCUT2D eigenvalue weighted by molar-refractivity contribution is 0.240. The summed E-state index contributed by atoms with van der Waals surface area (Å²) in [4.78, 5) is 10.6. The molecular weight excluding hydrogens is 420 g/mol. The van der Waals surface area contributed by atoms with Gasteiger partial charge in [0.15, 0.2) is 4.90 Å². The molecule has 0 amide bonds. The van der Waals surface area contributed by atoms with E-state index in [0.717, 1.165) is 60.8 Å². The van der Waals surface area contributed by atoms with Gasteiger partial charge in [0.2, 0.25) is 0 Å². The van der Waals surface area contributed by atoms with Crippen molar-refractivity contribution in [3.8, 4) is 6.07 Å². The number of hydrogen-bond donors (Lipinski definition) is 1. The van der Waals surface area contributed by atoms with E-state index < -0.39 is 11.2 Å². The SMILES string of the molecule is CN[C@H]1C[C@H](n2cc(C#N)c3ccc(N4CCN(c5ccc([S+](C)[O-])cc5)CC4)nc32)C1. The molecule has 1 aromatic carbocycles. The predicted octanol–water partition coefficient (Wildman–Crippen LogP) is 2.89. The molecule has 7 nitrogen and oxygen atoms in total. The summed E-state index contributed by atoms with van der Waals surface area (Å²) in [5.74, 6) is 0.974. The van der Waals surface area contributed by atoms with Crippen LogP contribution < -0.4 is 15.1 Å². The van der Waals surface area contributed by atoms with Crippen molar-refractivity contribution in [1.82, 2.24) is 14.9 Å². The standard InChI is InChI=1S/C24H28N6OS/c1-26-18-13-20(14-18)30-16-17(15-25)22-7-8-23(27-24(22)30)29-11-9-28(10-12-29)19-3-5-21(6-4-19)32(2)31/h3-8,16,18,20,26H,9-14H2,1-2H3/t18-,20-,32?. The normalized spacial score (nSPS) is 21.9. The first-order valence-electron chi connectivity index (χ1n) is 11.1. The minimum absolute atomic E-state index is 0.400. The molecule has 3 aromatic rings. The Morgan fingerprint density at radius 3 is 2.38 bits per heavy atom. The molecule has 5 rings (SSSR count). The molecule has 2 fully saturated rings. The molecule has 0 spiro atoms. The van der Waals surface area contributed by atoms with Crippen molar-refractivity contribution in [2.75, 3.05) is 49.3 Å². The fraction of sp³-hybridized carbons (Fsp3) is 0.417. The minimum Gasteiger partial charge on any atom is -0.612 e. The molecule has 1 aliphatic heterocycles. The van der Waals surface area contributed by atoms with E-state index in [1.807, 2.05) is 31.4 Å². The molecule has 2 aliphatic rings. The Kier molecular flexibility index (Phi) is 5.72. The number of nitriles is 1. The number of piperazine rings is 1. The Balaban J connectivity index is 1.33.